The Morgan fingerprint density at radius 2 is 1.35 bits per heavy atom. The SMILES string of the molecule is COc1ccc(C(=O)N2CCN(C(c3ccccc3)c3ccccc3)CC2)cc1CSc1ccccc1. The lowest BCUT2D eigenvalue weighted by Gasteiger charge is -2.40. The van der Waals surface area contributed by atoms with Crippen LogP contribution in [0.4, 0.5) is 0 Å². The fourth-order valence-corrected chi connectivity index (χ4v) is 5.85. The maximum atomic E-state index is 13.5. The number of methoxy groups -OCH3 is 1. The van der Waals surface area contributed by atoms with E-state index in [1.807, 2.05) is 41.3 Å². The van der Waals surface area contributed by atoms with Gasteiger partial charge in [0, 0.05) is 48.0 Å². The molecule has 1 heterocycles. The number of ether oxygens (including phenoxy) is 1. The molecule has 0 aliphatic carbocycles. The van der Waals surface area contributed by atoms with E-state index >= 15 is 0 Å². The molecule has 0 spiro atoms. The third-order valence-electron chi connectivity index (χ3n) is 6.86. The van der Waals surface area contributed by atoms with Crippen LogP contribution in [0.2, 0.25) is 0 Å². The van der Waals surface area contributed by atoms with Gasteiger partial charge in [-0.15, -0.1) is 11.8 Å². The van der Waals surface area contributed by atoms with Crippen LogP contribution >= 0.6 is 11.8 Å². The summed E-state index contributed by atoms with van der Waals surface area (Å²) in [5.41, 5.74) is 4.32. The molecule has 1 amide bonds. The number of amides is 1. The first kappa shape index (κ1) is 25.1. The fraction of sp³-hybridized carbons (Fsp3) is 0.219. The van der Waals surface area contributed by atoms with Gasteiger partial charge in [0.05, 0.1) is 13.2 Å². The van der Waals surface area contributed by atoms with Gasteiger partial charge in [0.2, 0.25) is 0 Å². The van der Waals surface area contributed by atoms with E-state index in [4.69, 9.17) is 4.74 Å². The van der Waals surface area contributed by atoms with Crippen molar-refractivity contribution >= 4 is 17.7 Å². The van der Waals surface area contributed by atoms with Crippen molar-refractivity contribution in [2.45, 2.75) is 16.7 Å². The zero-order chi connectivity index (χ0) is 25.5. The second-order valence-corrected chi connectivity index (χ2v) is 10.2. The molecule has 0 bridgehead atoms. The highest BCUT2D eigenvalue weighted by atomic mass is 32.2. The minimum Gasteiger partial charge on any atom is -0.496 e. The third-order valence-corrected chi connectivity index (χ3v) is 7.92. The molecule has 0 unspecified atom stereocenters. The lowest BCUT2D eigenvalue weighted by molar-refractivity contribution is 0.0597. The maximum Gasteiger partial charge on any atom is 0.253 e. The molecule has 5 heteroatoms. The molecule has 1 aliphatic heterocycles. The standard InChI is InChI=1S/C32H32N2O2S/c1-36-30-18-17-27(23-28(30)24-37-29-15-9-4-10-16-29)32(35)34-21-19-33(20-22-34)31(25-11-5-2-6-12-25)26-13-7-3-8-14-26/h2-18,23,31H,19-22,24H2,1H3. The first-order valence-electron chi connectivity index (χ1n) is 12.7. The highest BCUT2D eigenvalue weighted by Gasteiger charge is 2.28. The highest BCUT2D eigenvalue weighted by Crippen LogP contribution is 2.31. The molecule has 37 heavy (non-hydrogen) atoms. The molecule has 0 saturated carbocycles. The summed E-state index contributed by atoms with van der Waals surface area (Å²) in [5.74, 6) is 1.65. The number of carbonyl (C=O) groups is 1. The summed E-state index contributed by atoms with van der Waals surface area (Å²) in [6, 6.07) is 37.6. The van der Waals surface area contributed by atoms with Crippen molar-refractivity contribution in [1.29, 1.82) is 0 Å². The zero-order valence-electron chi connectivity index (χ0n) is 21.1. The van der Waals surface area contributed by atoms with Gasteiger partial charge in [0.25, 0.3) is 5.91 Å². The van der Waals surface area contributed by atoms with E-state index in [1.165, 1.54) is 16.0 Å². The van der Waals surface area contributed by atoms with Crippen molar-refractivity contribution in [3.8, 4) is 5.75 Å². The quantitative estimate of drug-likeness (QED) is 0.253. The first-order valence-corrected chi connectivity index (χ1v) is 13.7. The summed E-state index contributed by atoms with van der Waals surface area (Å²) >= 11 is 1.75. The Morgan fingerprint density at radius 1 is 0.784 bits per heavy atom. The van der Waals surface area contributed by atoms with E-state index in [-0.39, 0.29) is 11.9 Å². The lowest BCUT2D eigenvalue weighted by atomic mass is 9.96. The highest BCUT2D eigenvalue weighted by molar-refractivity contribution is 7.98. The van der Waals surface area contributed by atoms with Gasteiger partial charge >= 0.3 is 0 Å². The topological polar surface area (TPSA) is 32.8 Å². The minimum absolute atomic E-state index is 0.0873. The second kappa shape index (κ2) is 12.1. The van der Waals surface area contributed by atoms with Crippen LogP contribution in [-0.2, 0) is 5.75 Å². The molecular formula is C32H32N2O2S. The fourth-order valence-electron chi connectivity index (χ4n) is 4.95. The number of nitrogens with zero attached hydrogens (tertiary/aromatic N) is 2. The van der Waals surface area contributed by atoms with Gasteiger partial charge in [-0.1, -0.05) is 78.9 Å². The molecule has 0 aromatic heterocycles. The van der Waals surface area contributed by atoms with Crippen molar-refractivity contribution in [3.63, 3.8) is 0 Å². The van der Waals surface area contributed by atoms with Crippen LogP contribution < -0.4 is 4.74 Å². The number of rotatable bonds is 8. The number of carbonyl (C=O) groups excluding carboxylic acids is 1. The average molecular weight is 509 g/mol. The number of hydrogen-bond donors (Lipinski definition) is 0. The van der Waals surface area contributed by atoms with Crippen LogP contribution in [0.25, 0.3) is 0 Å². The average Bonchev–Trinajstić information content (AvgIpc) is 2.98. The van der Waals surface area contributed by atoms with Gasteiger partial charge in [0.1, 0.15) is 5.75 Å². The molecule has 0 N–H and O–H groups in total. The number of benzene rings is 4. The zero-order valence-corrected chi connectivity index (χ0v) is 21.9. The van der Waals surface area contributed by atoms with Crippen molar-refractivity contribution < 1.29 is 9.53 Å². The lowest BCUT2D eigenvalue weighted by Crippen LogP contribution is -2.49. The van der Waals surface area contributed by atoms with Gasteiger partial charge in [-0.05, 0) is 41.5 Å². The van der Waals surface area contributed by atoms with E-state index in [1.54, 1.807) is 18.9 Å². The molecule has 4 aromatic carbocycles. The van der Waals surface area contributed by atoms with Gasteiger partial charge in [-0.25, -0.2) is 0 Å². The van der Waals surface area contributed by atoms with Crippen LogP contribution in [-0.4, -0.2) is 49.0 Å². The molecule has 1 aliphatic rings. The Morgan fingerprint density at radius 3 is 1.92 bits per heavy atom. The van der Waals surface area contributed by atoms with Gasteiger partial charge < -0.3 is 9.64 Å². The predicted molar refractivity (Wildman–Crippen MR) is 151 cm³/mol. The van der Waals surface area contributed by atoms with Crippen LogP contribution in [0, 0.1) is 0 Å². The van der Waals surface area contributed by atoms with E-state index in [0.717, 1.165) is 35.7 Å². The summed E-state index contributed by atoms with van der Waals surface area (Å²) in [7, 11) is 1.68. The maximum absolute atomic E-state index is 13.5. The number of thioether (sulfide) groups is 1. The largest absolute Gasteiger partial charge is 0.496 e. The van der Waals surface area contributed by atoms with Gasteiger partial charge in [0.15, 0.2) is 0 Å². The summed E-state index contributed by atoms with van der Waals surface area (Å²) in [6.07, 6.45) is 0. The monoisotopic (exact) mass is 508 g/mol. The summed E-state index contributed by atoms with van der Waals surface area (Å²) in [5, 5.41) is 0. The van der Waals surface area contributed by atoms with Gasteiger partial charge in [-0.2, -0.15) is 0 Å². The summed E-state index contributed by atoms with van der Waals surface area (Å²) in [6.45, 7) is 3.06. The Kier molecular flexibility index (Phi) is 8.24. The molecule has 5 rings (SSSR count). The van der Waals surface area contributed by atoms with E-state index in [2.05, 4.69) is 77.7 Å². The smallest absolute Gasteiger partial charge is 0.253 e. The molecule has 188 valence electrons. The normalized spacial score (nSPS) is 14.1. The first-order chi connectivity index (χ1) is 18.2. The Hall–Kier alpha value is -3.54. The molecule has 1 fully saturated rings. The second-order valence-electron chi connectivity index (χ2n) is 9.18. The number of hydrogen-bond acceptors (Lipinski definition) is 4. The van der Waals surface area contributed by atoms with Crippen LogP contribution in [0.5, 0.6) is 5.75 Å². The molecule has 0 radical (unpaired) electrons. The van der Waals surface area contributed by atoms with Crippen LogP contribution in [0.1, 0.15) is 33.1 Å². The van der Waals surface area contributed by atoms with Crippen LogP contribution in [0.3, 0.4) is 0 Å². The Balaban J connectivity index is 1.28. The number of piperazine rings is 1. The van der Waals surface area contributed by atoms with Crippen molar-refractivity contribution in [1.82, 2.24) is 9.80 Å². The van der Waals surface area contributed by atoms with Crippen molar-refractivity contribution in [2.24, 2.45) is 0 Å². The molecule has 4 nitrogen and oxygen atoms in total. The summed E-state index contributed by atoms with van der Waals surface area (Å²) in [4.78, 5) is 19.2. The predicted octanol–water partition coefficient (Wildman–Crippen LogP) is 6.53. The van der Waals surface area contributed by atoms with E-state index in [9.17, 15) is 4.79 Å². The summed E-state index contributed by atoms with van der Waals surface area (Å²) < 4.78 is 5.59. The Labute approximate surface area is 223 Å². The third kappa shape index (κ3) is 6.07. The van der Waals surface area contributed by atoms with E-state index < -0.39 is 0 Å². The molecule has 0 atom stereocenters. The van der Waals surface area contributed by atoms with Crippen molar-refractivity contribution in [3.05, 3.63) is 131 Å². The molecule has 1 saturated heterocycles. The van der Waals surface area contributed by atoms with Crippen LogP contribution in [0.15, 0.2) is 114 Å². The molecule has 4 aromatic rings. The van der Waals surface area contributed by atoms with E-state index in [0.29, 0.717) is 13.1 Å². The molecular weight excluding hydrogens is 476 g/mol. The minimum atomic E-state index is 0.0873. The Bertz CT molecular complexity index is 1250. The van der Waals surface area contributed by atoms with Gasteiger partial charge in [-0.3, -0.25) is 9.69 Å². The van der Waals surface area contributed by atoms with Crippen molar-refractivity contribution in [2.75, 3.05) is 33.3 Å².